The highest BCUT2D eigenvalue weighted by atomic mass is 16.7. The molecule has 2 aliphatic heterocycles. The van der Waals surface area contributed by atoms with Gasteiger partial charge in [-0.2, -0.15) is 0 Å². The number of rotatable bonds is 3. The fraction of sp³-hybridized carbons (Fsp3) is 0.400. The minimum Gasteiger partial charge on any atom is -0.508 e. The van der Waals surface area contributed by atoms with Crippen molar-refractivity contribution in [3.8, 4) is 11.5 Å². The Labute approximate surface area is 161 Å². The van der Waals surface area contributed by atoms with Crippen molar-refractivity contribution in [2.75, 3.05) is 13.2 Å². The van der Waals surface area contributed by atoms with Gasteiger partial charge < -0.3 is 39.4 Å². The van der Waals surface area contributed by atoms with Gasteiger partial charge in [-0.25, -0.2) is 0 Å². The summed E-state index contributed by atoms with van der Waals surface area (Å²) in [7, 11) is 0. The third kappa shape index (κ3) is 3.97. The first kappa shape index (κ1) is 19.1. The van der Waals surface area contributed by atoms with Crippen LogP contribution in [0.3, 0.4) is 0 Å². The van der Waals surface area contributed by atoms with E-state index in [1.807, 2.05) is 0 Å². The minimum atomic E-state index is -1.23. The molecule has 2 heterocycles. The Morgan fingerprint density at radius 3 is 1.75 bits per heavy atom. The second kappa shape index (κ2) is 8.04. The van der Waals surface area contributed by atoms with Crippen LogP contribution < -0.4 is 0 Å². The largest absolute Gasteiger partial charge is 0.508 e. The van der Waals surface area contributed by atoms with Crippen molar-refractivity contribution in [1.82, 2.24) is 0 Å². The van der Waals surface area contributed by atoms with Crippen LogP contribution in [0.1, 0.15) is 23.7 Å². The van der Waals surface area contributed by atoms with Crippen molar-refractivity contribution in [2.45, 2.75) is 37.0 Å². The van der Waals surface area contributed by atoms with Gasteiger partial charge in [-0.1, -0.05) is 24.3 Å². The summed E-state index contributed by atoms with van der Waals surface area (Å²) in [4.78, 5) is 0. The first-order chi connectivity index (χ1) is 13.5. The van der Waals surface area contributed by atoms with Gasteiger partial charge >= 0.3 is 0 Å². The first-order valence-corrected chi connectivity index (χ1v) is 8.99. The molecule has 0 amide bonds. The van der Waals surface area contributed by atoms with Crippen molar-refractivity contribution in [3.63, 3.8) is 0 Å². The molecule has 2 unspecified atom stereocenters. The Hall–Kier alpha value is -2.20. The molecular weight excluding hydrogens is 368 g/mol. The summed E-state index contributed by atoms with van der Waals surface area (Å²) in [5.41, 5.74) is 1.35. The standard InChI is InChI=1S/C20H22O8/c21-13-5-1-11(2-6-13)19-26-10-16(27-19)18-17(24)15(23)9-25-20(28-18)12-3-7-14(22)8-4-12/h1-8,15-24H,9-10H2/t15-,16+,17-,18-,19?,20?/m0/s1. The molecule has 2 saturated heterocycles. The topological polar surface area (TPSA) is 118 Å². The van der Waals surface area contributed by atoms with Crippen LogP contribution in [-0.2, 0) is 18.9 Å². The highest BCUT2D eigenvalue weighted by molar-refractivity contribution is 5.27. The average Bonchev–Trinajstić information content (AvgIpc) is 3.13. The Bertz CT molecular complexity index is 778. The number of phenolic OH excluding ortho intramolecular Hbond substituents is 2. The van der Waals surface area contributed by atoms with E-state index in [2.05, 4.69) is 0 Å². The predicted octanol–water partition coefficient (Wildman–Crippen LogP) is 1.35. The van der Waals surface area contributed by atoms with Crippen LogP contribution in [0.4, 0.5) is 0 Å². The van der Waals surface area contributed by atoms with Gasteiger partial charge in [0.1, 0.15) is 35.9 Å². The van der Waals surface area contributed by atoms with Crippen LogP contribution in [0.2, 0.25) is 0 Å². The number of aromatic hydroxyl groups is 2. The molecule has 4 rings (SSSR count). The molecule has 8 heteroatoms. The number of aliphatic hydroxyl groups excluding tert-OH is 2. The zero-order valence-corrected chi connectivity index (χ0v) is 14.9. The van der Waals surface area contributed by atoms with Crippen LogP contribution in [-0.4, -0.2) is 58.1 Å². The maximum absolute atomic E-state index is 10.5. The SMILES string of the molecule is Oc1ccc(C2OC[C@H](O)[C@H](O)[C@H]([C@H]3COC(c4ccc(O)cc4)O3)O2)cc1. The summed E-state index contributed by atoms with van der Waals surface area (Å²) in [6.07, 6.45) is -5.41. The molecule has 28 heavy (non-hydrogen) atoms. The monoisotopic (exact) mass is 390 g/mol. The van der Waals surface area contributed by atoms with E-state index in [9.17, 15) is 20.4 Å². The molecule has 0 spiro atoms. The third-order valence-electron chi connectivity index (χ3n) is 4.84. The van der Waals surface area contributed by atoms with Crippen molar-refractivity contribution >= 4 is 0 Å². The van der Waals surface area contributed by atoms with Crippen LogP contribution >= 0.6 is 0 Å². The number of benzene rings is 2. The number of hydrogen-bond acceptors (Lipinski definition) is 8. The van der Waals surface area contributed by atoms with Crippen LogP contribution in [0, 0.1) is 0 Å². The summed E-state index contributed by atoms with van der Waals surface area (Å²) in [6.45, 7) is 0.0421. The third-order valence-corrected chi connectivity index (χ3v) is 4.84. The number of ether oxygens (including phenoxy) is 4. The lowest BCUT2D eigenvalue weighted by Crippen LogP contribution is -2.46. The zero-order chi connectivity index (χ0) is 19.7. The van der Waals surface area contributed by atoms with Crippen molar-refractivity contribution in [3.05, 3.63) is 59.7 Å². The van der Waals surface area contributed by atoms with E-state index >= 15 is 0 Å². The first-order valence-electron chi connectivity index (χ1n) is 8.99. The van der Waals surface area contributed by atoms with Gasteiger partial charge in [-0.05, 0) is 24.3 Å². The van der Waals surface area contributed by atoms with Crippen molar-refractivity contribution in [1.29, 1.82) is 0 Å². The van der Waals surface area contributed by atoms with Crippen LogP contribution in [0.15, 0.2) is 48.5 Å². The van der Waals surface area contributed by atoms with Gasteiger partial charge in [0.05, 0.1) is 13.2 Å². The van der Waals surface area contributed by atoms with E-state index in [0.717, 1.165) is 5.56 Å². The molecule has 4 N–H and O–H groups in total. The maximum atomic E-state index is 10.5. The highest BCUT2D eigenvalue weighted by Gasteiger charge is 2.43. The molecule has 2 aromatic rings. The summed E-state index contributed by atoms with van der Waals surface area (Å²) in [6, 6.07) is 12.7. The van der Waals surface area contributed by atoms with Crippen molar-refractivity contribution < 1.29 is 39.4 Å². The molecular formula is C20H22O8. The van der Waals surface area contributed by atoms with Crippen molar-refractivity contribution in [2.24, 2.45) is 0 Å². The smallest absolute Gasteiger partial charge is 0.184 e. The highest BCUT2D eigenvalue weighted by Crippen LogP contribution is 2.35. The molecule has 0 aromatic heterocycles. The molecule has 0 bridgehead atoms. The molecule has 2 aliphatic rings. The van der Waals surface area contributed by atoms with E-state index in [1.165, 1.54) is 24.3 Å². The van der Waals surface area contributed by atoms with E-state index in [0.29, 0.717) is 5.56 Å². The minimum absolute atomic E-state index is 0.109. The summed E-state index contributed by atoms with van der Waals surface area (Å²) >= 11 is 0. The molecule has 6 atom stereocenters. The Morgan fingerprint density at radius 1 is 0.679 bits per heavy atom. The molecule has 8 nitrogen and oxygen atoms in total. The van der Waals surface area contributed by atoms with Gasteiger partial charge in [-0.15, -0.1) is 0 Å². The molecule has 0 aliphatic carbocycles. The normalized spacial score (nSPS) is 33.5. The number of phenols is 2. The van der Waals surface area contributed by atoms with Gasteiger partial charge in [0.2, 0.25) is 0 Å². The summed E-state index contributed by atoms with van der Waals surface area (Å²) in [5, 5.41) is 39.6. The number of hydrogen-bond donors (Lipinski definition) is 4. The molecule has 2 fully saturated rings. The lowest BCUT2D eigenvalue weighted by Gasteiger charge is -2.28. The molecule has 150 valence electrons. The van der Waals surface area contributed by atoms with Gasteiger partial charge in [-0.3, -0.25) is 0 Å². The quantitative estimate of drug-likeness (QED) is 0.620. The van der Waals surface area contributed by atoms with E-state index in [4.69, 9.17) is 18.9 Å². The van der Waals surface area contributed by atoms with Gasteiger partial charge in [0, 0.05) is 11.1 Å². The summed E-state index contributed by atoms with van der Waals surface area (Å²) in [5.74, 6) is 0.246. The summed E-state index contributed by atoms with van der Waals surface area (Å²) < 4.78 is 23.1. The van der Waals surface area contributed by atoms with Crippen LogP contribution in [0.25, 0.3) is 0 Å². The second-order valence-electron chi connectivity index (χ2n) is 6.85. The van der Waals surface area contributed by atoms with E-state index in [1.54, 1.807) is 24.3 Å². The zero-order valence-electron chi connectivity index (χ0n) is 14.9. The fourth-order valence-corrected chi connectivity index (χ4v) is 3.28. The average molecular weight is 390 g/mol. The number of aliphatic hydroxyl groups is 2. The van der Waals surface area contributed by atoms with E-state index < -0.39 is 37.0 Å². The Kier molecular flexibility index (Phi) is 5.49. The maximum Gasteiger partial charge on any atom is 0.184 e. The molecule has 0 radical (unpaired) electrons. The lowest BCUT2D eigenvalue weighted by molar-refractivity contribution is -0.200. The Balaban J connectivity index is 1.51. The molecule has 2 aromatic carbocycles. The van der Waals surface area contributed by atoms with Gasteiger partial charge in [0.25, 0.3) is 0 Å². The second-order valence-corrected chi connectivity index (χ2v) is 6.85. The predicted molar refractivity (Wildman–Crippen MR) is 95.4 cm³/mol. The lowest BCUT2D eigenvalue weighted by atomic mass is 10.0. The Morgan fingerprint density at radius 2 is 1.18 bits per heavy atom. The fourth-order valence-electron chi connectivity index (χ4n) is 3.28. The van der Waals surface area contributed by atoms with Crippen LogP contribution in [0.5, 0.6) is 11.5 Å². The molecule has 0 saturated carbocycles. The van der Waals surface area contributed by atoms with Gasteiger partial charge in [0.15, 0.2) is 12.6 Å². The van der Waals surface area contributed by atoms with E-state index in [-0.39, 0.29) is 24.7 Å².